The summed E-state index contributed by atoms with van der Waals surface area (Å²) in [7, 11) is 0. The van der Waals surface area contributed by atoms with Crippen molar-refractivity contribution in [3.63, 3.8) is 0 Å². The van der Waals surface area contributed by atoms with Crippen molar-refractivity contribution < 1.29 is 0 Å². The minimum atomic E-state index is 0.535. The number of aromatic amines is 1. The van der Waals surface area contributed by atoms with Crippen LogP contribution in [-0.2, 0) is 13.0 Å². The van der Waals surface area contributed by atoms with Gasteiger partial charge in [-0.2, -0.15) is 0 Å². The van der Waals surface area contributed by atoms with Crippen LogP contribution >= 0.6 is 11.6 Å². The molecule has 32 heavy (non-hydrogen) atoms. The number of nitrogen functional groups attached to an aromatic ring is 1. The van der Waals surface area contributed by atoms with Gasteiger partial charge in [-0.1, -0.05) is 17.7 Å². The van der Waals surface area contributed by atoms with Gasteiger partial charge in [-0.25, -0.2) is 15.0 Å². The Labute approximate surface area is 190 Å². The Balaban J connectivity index is 1.41. The smallest absolute Gasteiger partial charge is 0.154 e. The number of nitrogens with zero attached hydrogens (tertiary/aromatic N) is 4. The van der Waals surface area contributed by atoms with Crippen LogP contribution in [0.2, 0.25) is 5.02 Å². The average Bonchev–Trinajstić information content (AvgIpc) is 3.16. The third kappa shape index (κ3) is 3.94. The summed E-state index contributed by atoms with van der Waals surface area (Å²) in [5, 5.41) is 5.05. The number of imidazole rings is 1. The Morgan fingerprint density at radius 2 is 1.94 bits per heavy atom. The topological polar surface area (TPSA) is 105 Å². The molecule has 4 aromatic heterocycles. The molecule has 0 fully saturated rings. The predicted molar refractivity (Wildman–Crippen MR) is 129 cm³/mol. The number of fused-ring (bicyclic) bond motifs is 2. The molecule has 0 saturated heterocycles. The molecule has 8 heteroatoms. The van der Waals surface area contributed by atoms with Gasteiger partial charge in [-0.05, 0) is 60.9 Å². The van der Waals surface area contributed by atoms with Gasteiger partial charge in [0, 0.05) is 36.4 Å². The lowest BCUT2D eigenvalue weighted by molar-refractivity contribution is 1.02. The number of benzene rings is 1. The van der Waals surface area contributed by atoms with Crippen molar-refractivity contribution in [3.8, 4) is 0 Å². The van der Waals surface area contributed by atoms with E-state index >= 15 is 0 Å². The van der Waals surface area contributed by atoms with Gasteiger partial charge in [-0.15, -0.1) is 0 Å². The molecule has 5 aromatic rings. The number of pyridine rings is 3. The van der Waals surface area contributed by atoms with Crippen molar-refractivity contribution in [1.29, 1.82) is 0 Å². The number of rotatable bonds is 5. The van der Waals surface area contributed by atoms with Gasteiger partial charge in [0.15, 0.2) is 5.82 Å². The maximum Gasteiger partial charge on any atom is 0.154 e. The molecule has 0 aliphatic rings. The molecule has 0 bridgehead atoms. The summed E-state index contributed by atoms with van der Waals surface area (Å²) >= 11 is 6.10. The fourth-order valence-electron chi connectivity index (χ4n) is 3.98. The Hall–Kier alpha value is -3.71. The number of nitrogens with one attached hydrogen (secondary N) is 2. The van der Waals surface area contributed by atoms with Crippen molar-refractivity contribution in [1.82, 2.24) is 24.9 Å². The van der Waals surface area contributed by atoms with Gasteiger partial charge in [0.1, 0.15) is 17.2 Å². The molecule has 5 rings (SSSR count). The Morgan fingerprint density at radius 1 is 1.06 bits per heavy atom. The van der Waals surface area contributed by atoms with Crippen LogP contribution in [0.1, 0.15) is 28.2 Å². The fourth-order valence-corrected chi connectivity index (χ4v) is 4.15. The molecule has 0 amide bonds. The Bertz CT molecular complexity index is 1440. The first kappa shape index (κ1) is 20.2. The molecule has 0 aliphatic carbocycles. The highest BCUT2D eigenvalue weighted by Gasteiger charge is 2.12. The van der Waals surface area contributed by atoms with Crippen molar-refractivity contribution in [2.24, 2.45) is 0 Å². The van der Waals surface area contributed by atoms with E-state index in [0.29, 0.717) is 23.8 Å². The molecule has 0 spiro atoms. The van der Waals surface area contributed by atoms with Crippen LogP contribution in [0.4, 0.5) is 11.6 Å². The zero-order chi connectivity index (χ0) is 22.2. The first-order chi connectivity index (χ1) is 15.5. The standard InChI is InChI=1S/C24H22ClN7/c1-13-7-21(26)30-14(2)18(13)12-29-24-23-20(5-6-27-24)31-22(32-23)9-15-3-4-19-16(8-15)10-17(25)11-28-19/h3-8,10-11H,9,12H2,1-2H3,(H2,26,30)(H,27,29)(H,31,32). The first-order valence-electron chi connectivity index (χ1n) is 10.3. The molecular weight excluding hydrogens is 422 g/mol. The summed E-state index contributed by atoms with van der Waals surface area (Å²) in [4.78, 5) is 21.5. The molecule has 7 nitrogen and oxygen atoms in total. The molecule has 0 atom stereocenters. The van der Waals surface area contributed by atoms with E-state index in [4.69, 9.17) is 22.3 Å². The maximum atomic E-state index is 6.10. The van der Waals surface area contributed by atoms with Crippen LogP contribution in [-0.4, -0.2) is 24.9 Å². The molecule has 160 valence electrons. The number of halogens is 1. The van der Waals surface area contributed by atoms with Gasteiger partial charge in [-0.3, -0.25) is 4.98 Å². The van der Waals surface area contributed by atoms with E-state index in [-0.39, 0.29) is 0 Å². The van der Waals surface area contributed by atoms with Crippen molar-refractivity contribution in [2.45, 2.75) is 26.8 Å². The lowest BCUT2D eigenvalue weighted by atomic mass is 10.1. The van der Waals surface area contributed by atoms with Crippen LogP contribution in [0.25, 0.3) is 21.9 Å². The third-order valence-electron chi connectivity index (χ3n) is 5.54. The van der Waals surface area contributed by atoms with Crippen LogP contribution in [0.5, 0.6) is 0 Å². The minimum absolute atomic E-state index is 0.535. The number of hydrogen-bond acceptors (Lipinski definition) is 6. The summed E-state index contributed by atoms with van der Waals surface area (Å²) < 4.78 is 0. The summed E-state index contributed by atoms with van der Waals surface area (Å²) in [6.45, 7) is 4.60. The van der Waals surface area contributed by atoms with E-state index in [9.17, 15) is 0 Å². The zero-order valence-electron chi connectivity index (χ0n) is 17.8. The first-order valence-corrected chi connectivity index (χ1v) is 10.7. The van der Waals surface area contributed by atoms with Crippen molar-refractivity contribution >= 4 is 45.2 Å². The van der Waals surface area contributed by atoms with Crippen LogP contribution < -0.4 is 11.1 Å². The molecule has 0 aliphatic heterocycles. The molecule has 0 saturated carbocycles. The van der Waals surface area contributed by atoms with Crippen LogP contribution in [0.15, 0.2) is 48.8 Å². The Morgan fingerprint density at radius 3 is 2.78 bits per heavy atom. The van der Waals surface area contributed by atoms with E-state index in [0.717, 1.165) is 56.0 Å². The number of nitrogens with two attached hydrogens (primary N) is 1. The SMILES string of the molecule is Cc1cc(N)nc(C)c1CNc1nccc2[nH]c(Cc3ccc4ncc(Cl)cc4c3)nc12. The molecule has 4 heterocycles. The Kier molecular flexibility index (Phi) is 5.11. The monoisotopic (exact) mass is 443 g/mol. The number of H-pyrrole nitrogens is 1. The van der Waals surface area contributed by atoms with E-state index in [2.05, 4.69) is 37.4 Å². The molecule has 0 radical (unpaired) electrons. The minimum Gasteiger partial charge on any atom is -0.384 e. The highest BCUT2D eigenvalue weighted by Crippen LogP contribution is 2.24. The summed E-state index contributed by atoms with van der Waals surface area (Å²) in [5.74, 6) is 2.13. The van der Waals surface area contributed by atoms with Crippen LogP contribution in [0, 0.1) is 13.8 Å². The molecule has 1 aromatic carbocycles. The predicted octanol–water partition coefficient (Wildman–Crippen LogP) is 4.96. The van der Waals surface area contributed by atoms with Gasteiger partial charge in [0.25, 0.3) is 0 Å². The maximum absolute atomic E-state index is 6.10. The fraction of sp³-hybridized carbons (Fsp3) is 0.167. The number of hydrogen-bond donors (Lipinski definition) is 3. The second kappa shape index (κ2) is 8.09. The summed E-state index contributed by atoms with van der Waals surface area (Å²) in [6.07, 6.45) is 4.10. The quantitative estimate of drug-likeness (QED) is 0.354. The van der Waals surface area contributed by atoms with E-state index in [1.165, 1.54) is 0 Å². The lowest BCUT2D eigenvalue weighted by Gasteiger charge is -2.12. The third-order valence-corrected chi connectivity index (χ3v) is 5.75. The number of aryl methyl sites for hydroxylation is 2. The number of anilines is 2. The van der Waals surface area contributed by atoms with Crippen LogP contribution in [0.3, 0.4) is 0 Å². The highest BCUT2D eigenvalue weighted by atomic mass is 35.5. The van der Waals surface area contributed by atoms with Crippen molar-refractivity contribution in [3.05, 3.63) is 82.0 Å². The zero-order valence-corrected chi connectivity index (χ0v) is 18.5. The van der Waals surface area contributed by atoms with Crippen molar-refractivity contribution in [2.75, 3.05) is 11.1 Å². The highest BCUT2D eigenvalue weighted by molar-refractivity contribution is 6.31. The second-order valence-corrected chi connectivity index (χ2v) is 8.31. The average molecular weight is 444 g/mol. The largest absolute Gasteiger partial charge is 0.384 e. The van der Waals surface area contributed by atoms with Gasteiger partial charge >= 0.3 is 0 Å². The molecular formula is C24H22ClN7. The molecule has 4 N–H and O–H groups in total. The lowest BCUT2D eigenvalue weighted by Crippen LogP contribution is -2.07. The van der Waals surface area contributed by atoms with Gasteiger partial charge in [0.2, 0.25) is 0 Å². The van der Waals surface area contributed by atoms with E-state index < -0.39 is 0 Å². The number of aromatic nitrogens is 5. The van der Waals surface area contributed by atoms with E-state index in [1.807, 2.05) is 38.1 Å². The van der Waals surface area contributed by atoms with E-state index in [1.54, 1.807) is 12.4 Å². The normalized spacial score (nSPS) is 11.3. The summed E-state index contributed by atoms with van der Waals surface area (Å²) in [6, 6.07) is 11.9. The second-order valence-electron chi connectivity index (χ2n) is 7.88. The summed E-state index contributed by atoms with van der Waals surface area (Å²) in [5.41, 5.74) is 12.8. The molecule has 0 unspecified atom stereocenters. The van der Waals surface area contributed by atoms with Gasteiger partial charge in [0.05, 0.1) is 16.1 Å². The van der Waals surface area contributed by atoms with Gasteiger partial charge < -0.3 is 16.0 Å².